The van der Waals surface area contributed by atoms with Crippen LogP contribution in [0.4, 0.5) is 0 Å². The third-order valence-corrected chi connectivity index (χ3v) is 3.00. The first kappa shape index (κ1) is 18.2. The molecule has 0 fully saturated rings. The van der Waals surface area contributed by atoms with Crippen LogP contribution in [-0.4, -0.2) is 25.5 Å². The van der Waals surface area contributed by atoms with E-state index in [-0.39, 0.29) is 25.2 Å². The van der Waals surface area contributed by atoms with E-state index >= 15 is 0 Å². The molecule has 5 nitrogen and oxygen atoms in total. The second-order valence-corrected chi connectivity index (χ2v) is 4.87. The maximum absolute atomic E-state index is 11.7. The van der Waals surface area contributed by atoms with Crippen LogP contribution in [0.25, 0.3) is 6.08 Å². The van der Waals surface area contributed by atoms with Crippen molar-refractivity contribution in [1.82, 2.24) is 0 Å². The number of esters is 1. The van der Waals surface area contributed by atoms with Crippen molar-refractivity contribution < 1.29 is 19.1 Å². The average molecular weight is 313 g/mol. The first-order valence-electron chi connectivity index (χ1n) is 7.05. The highest BCUT2D eigenvalue weighted by molar-refractivity contribution is 5.95. The van der Waals surface area contributed by atoms with Crippen LogP contribution in [0.15, 0.2) is 36.4 Å². The summed E-state index contributed by atoms with van der Waals surface area (Å²) in [5.41, 5.74) is 2.01. The Hall–Kier alpha value is -2.87. The smallest absolute Gasteiger partial charge is 0.330 e. The summed E-state index contributed by atoms with van der Waals surface area (Å²) in [5.74, 6) is -0.00153. The molecule has 0 aliphatic carbocycles. The molecule has 0 unspecified atom stereocenters. The molecule has 0 radical (unpaired) electrons. The Morgan fingerprint density at radius 3 is 2.74 bits per heavy atom. The maximum atomic E-state index is 11.7. The van der Waals surface area contributed by atoms with Gasteiger partial charge < -0.3 is 9.47 Å². The van der Waals surface area contributed by atoms with Gasteiger partial charge in [0.05, 0.1) is 19.6 Å². The summed E-state index contributed by atoms with van der Waals surface area (Å²) in [5, 5.41) is 8.37. The van der Waals surface area contributed by atoms with Gasteiger partial charge in [-0.25, -0.2) is 4.79 Å². The molecule has 0 aromatic heterocycles. The minimum absolute atomic E-state index is 0.0311. The molecule has 0 aliphatic rings. The van der Waals surface area contributed by atoms with Crippen LogP contribution in [0.2, 0.25) is 0 Å². The van der Waals surface area contributed by atoms with E-state index in [1.165, 1.54) is 13.2 Å². The van der Waals surface area contributed by atoms with E-state index in [1.807, 2.05) is 6.07 Å². The van der Waals surface area contributed by atoms with Crippen LogP contribution in [0.5, 0.6) is 5.75 Å². The highest BCUT2D eigenvalue weighted by Gasteiger charge is 2.08. The summed E-state index contributed by atoms with van der Waals surface area (Å²) in [4.78, 5) is 23.2. The van der Waals surface area contributed by atoms with Crippen LogP contribution < -0.4 is 4.74 Å². The van der Waals surface area contributed by atoms with Gasteiger partial charge in [0.2, 0.25) is 0 Å². The summed E-state index contributed by atoms with van der Waals surface area (Å²) < 4.78 is 10.1. The van der Waals surface area contributed by atoms with Crippen molar-refractivity contribution in [3.8, 4) is 11.8 Å². The predicted molar refractivity (Wildman–Crippen MR) is 86.7 cm³/mol. The Morgan fingerprint density at radius 2 is 2.13 bits per heavy atom. The fourth-order valence-corrected chi connectivity index (χ4v) is 1.74. The molecule has 0 atom stereocenters. The second-order valence-electron chi connectivity index (χ2n) is 4.87. The molecule has 0 amide bonds. The summed E-state index contributed by atoms with van der Waals surface area (Å²) in [6.45, 7) is 5.37. The number of benzene rings is 1. The maximum Gasteiger partial charge on any atom is 0.330 e. The molecule has 0 saturated carbocycles. The number of ether oxygens (including phenoxy) is 2. The standard InChI is InChI=1S/C18H19NO4/c1-13(2)16(20)11-14-5-6-15(17(12-14)22-3)7-8-18(21)23-10-4-9-19/h5-8,12H,1,4,10-11H2,2-3H3/b8-7+. The number of rotatable bonds is 8. The van der Waals surface area contributed by atoms with E-state index in [9.17, 15) is 9.59 Å². The quantitative estimate of drug-likeness (QED) is 0.419. The molecule has 0 saturated heterocycles. The highest BCUT2D eigenvalue weighted by Crippen LogP contribution is 2.22. The second kappa shape index (κ2) is 9.21. The number of ketones is 1. The SMILES string of the molecule is C=C(C)C(=O)Cc1ccc(/C=C/C(=O)OCCC#N)c(OC)c1. The zero-order chi connectivity index (χ0) is 17.2. The molecular formula is C18H19NO4. The van der Waals surface area contributed by atoms with Crippen molar-refractivity contribution >= 4 is 17.8 Å². The lowest BCUT2D eigenvalue weighted by molar-refractivity contribution is -0.137. The number of carbonyl (C=O) groups excluding carboxylic acids is 2. The van der Waals surface area contributed by atoms with Gasteiger partial charge in [-0.1, -0.05) is 18.7 Å². The molecule has 1 aromatic rings. The molecule has 1 rings (SSSR count). The molecule has 1 aromatic carbocycles. The molecule has 5 heteroatoms. The van der Waals surface area contributed by atoms with Gasteiger partial charge in [0.15, 0.2) is 5.78 Å². The average Bonchev–Trinajstić information content (AvgIpc) is 2.53. The van der Waals surface area contributed by atoms with Gasteiger partial charge in [-0.15, -0.1) is 0 Å². The Labute approximate surface area is 135 Å². The fraction of sp³-hybridized carbons (Fsp3) is 0.278. The minimum atomic E-state index is -0.524. The topological polar surface area (TPSA) is 76.4 Å². The number of hydrogen-bond acceptors (Lipinski definition) is 5. The van der Waals surface area contributed by atoms with Crippen molar-refractivity contribution in [1.29, 1.82) is 5.26 Å². The lowest BCUT2D eigenvalue weighted by atomic mass is 10.0. The van der Waals surface area contributed by atoms with Crippen molar-refractivity contribution in [2.75, 3.05) is 13.7 Å². The van der Waals surface area contributed by atoms with E-state index in [2.05, 4.69) is 6.58 Å². The largest absolute Gasteiger partial charge is 0.496 e. The first-order chi connectivity index (χ1) is 11.0. The van der Waals surface area contributed by atoms with Crippen molar-refractivity contribution in [3.05, 3.63) is 47.6 Å². The van der Waals surface area contributed by atoms with Crippen molar-refractivity contribution in [3.63, 3.8) is 0 Å². The van der Waals surface area contributed by atoms with Gasteiger partial charge in [0.25, 0.3) is 0 Å². The molecule has 120 valence electrons. The highest BCUT2D eigenvalue weighted by atomic mass is 16.5. The monoisotopic (exact) mass is 313 g/mol. The molecule has 0 bridgehead atoms. The third-order valence-electron chi connectivity index (χ3n) is 3.00. The Bertz CT molecular complexity index is 668. The van der Waals surface area contributed by atoms with Crippen molar-refractivity contribution in [2.45, 2.75) is 19.8 Å². The number of hydrogen-bond donors (Lipinski definition) is 0. The first-order valence-corrected chi connectivity index (χ1v) is 7.05. The molecule has 0 heterocycles. The normalized spacial score (nSPS) is 10.1. The number of allylic oxidation sites excluding steroid dienone is 1. The molecule has 0 N–H and O–H groups in total. The Balaban J connectivity index is 2.80. The number of Topliss-reactive ketones (excluding diaryl/α,β-unsaturated/α-hetero) is 1. The van der Waals surface area contributed by atoms with Gasteiger partial charge in [0.1, 0.15) is 12.4 Å². The van der Waals surface area contributed by atoms with Crippen molar-refractivity contribution in [2.24, 2.45) is 0 Å². The Kier molecular flexibility index (Phi) is 7.28. The lowest BCUT2D eigenvalue weighted by Crippen LogP contribution is -2.03. The minimum Gasteiger partial charge on any atom is -0.496 e. The van der Waals surface area contributed by atoms with Crippen LogP contribution >= 0.6 is 0 Å². The Morgan fingerprint density at radius 1 is 1.39 bits per heavy atom. The van der Waals surface area contributed by atoms with Crippen LogP contribution in [0, 0.1) is 11.3 Å². The summed E-state index contributed by atoms with van der Waals surface area (Å²) in [6, 6.07) is 7.20. The van der Waals surface area contributed by atoms with Gasteiger partial charge in [-0.05, 0) is 30.2 Å². The number of nitrogens with zero attached hydrogens (tertiary/aromatic N) is 1. The number of nitriles is 1. The summed E-state index contributed by atoms with van der Waals surface area (Å²) in [6.07, 6.45) is 3.26. The van der Waals surface area contributed by atoms with Gasteiger partial charge in [-0.2, -0.15) is 5.26 Å². The van der Waals surface area contributed by atoms with Crippen LogP contribution in [-0.2, 0) is 20.7 Å². The summed E-state index contributed by atoms with van der Waals surface area (Å²) in [7, 11) is 1.52. The molecule has 23 heavy (non-hydrogen) atoms. The summed E-state index contributed by atoms with van der Waals surface area (Å²) >= 11 is 0. The van der Waals surface area contributed by atoms with Gasteiger partial charge >= 0.3 is 5.97 Å². The molecular weight excluding hydrogens is 294 g/mol. The molecule has 0 aliphatic heterocycles. The van der Waals surface area contributed by atoms with Gasteiger partial charge in [-0.3, -0.25) is 4.79 Å². The van der Waals surface area contributed by atoms with Gasteiger partial charge in [0, 0.05) is 18.1 Å². The zero-order valence-electron chi connectivity index (χ0n) is 13.3. The van der Waals surface area contributed by atoms with E-state index in [0.29, 0.717) is 16.9 Å². The lowest BCUT2D eigenvalue weighted by Gasteiger charge is -2.08. The van der Waals surface area contributed by atoms with E-state index in [1.54, 1.807) is 31.2 Å². The van der Waals surface area contributed by atoms with E-state index < -0.39 is 5.97 Å². The third kappa shape index (κ3) is 6.18. The zero-order valence-corrected chi connectivity index (χ0v) is 13.3. The van der Waals surface area contributed by atoms with Crippen LogP contribution in [0.3, 0.4) is 0 Å². The fourth-order valence-electron chi connectivity index (χ4n) is 1.74. The van der Waals surface area contributed by atoms with Crippen LogP contribution in [0.1, 0.15) is 24.5 Å². The predicted octanol–water partition coefficient (Wildman–Crippen LogP) is 2.85. The molecule has 0 spiro atoms. The van der Waals surface area contributed by atoms with E-state index in [0.717, 1.165) is 5.56 Å². The van der Waals surface area contributed by atoms with E-state index in [4.69, 9.17) is 14.7 Å². The number of methoxy groups -OCH3 is 1. The number of carbonyl (C=O) groups is 2.